The van der Waals surface area contributed by atoms with Gasteiger partial charge < -0.3 is 10.0 Å². The van der Waals surface area contributed by atoms with Crippen LogP contribution in [0.25, 0.3) is 0 Å². The standard InChI is InChI=1S/C12H20N4O2/c1-2-10-3-5-15(6-4-10)7-8-16-9-11(12(17)18)13-14-16/h9-10H,2-8H2,1H3,(H,17,18). The minimum absolute atomic E-state index is 0.0136. The van der Waals surface area contributed by atoms with E-state index in [-0.39, 0.29) is 5.69 Å². The number of carboxylic acids is 1. The van der Waals surface area contributed by atoms with E-state index in [4.69, 9.17) is 5.11 Å². The zero-order valence-corrected chi connectivity index (χ0v) is 10.7. The number of nitrogens with zero attached hydrogens (tertiary/aromatic N) is 4. The van der Waals surface area contributed by atoms with Crippen LogP contribution >= 0.6 is 0 Å². The Bertz CT molecular complexity index is 397. The third-order valence-corrected chi connectivity index (χ3v) is 3.69. The monoisotopic (exact) mass is 252 g/mol. The molecule has 2 rings (SSSR count). The molecule has 0 unspecified atom stereocenters. The van der Waals surface area contributed by atoms with Crippen molar-refractivity contribution in [2.24, 2.45) is 5.92 Å². The van der Waals surface area contributed by atoms with E-state index in [0.717, 1.165) is 25.6 Å². The van der Waals surface area contributed by atoms with Crippen LogP contribution in [0.1, 0.15) is 36.7 Å². The van der Waals surface area contributed by atoms with Crippen LogP contribution in [0.2, 0.25) is 0 Å². The minimum atomic E-state index is -1.02. The summed E-state index contributed by atoms with van der Waals surface area (Å²) in [7, 11) is 0. The van der Waals surface area contributed by atoms with Gasteiger partial charge in [-0.2, -0.15) is 0 Å². The fraction of sp³-hybridized carbons (Fsp3) is 0.750. The van der Waals surface area contributed by atoms with Crippen molar-refractivity contribution in [1.82, 2.24) is 19.9 Å². The lowest BCUT2D eigenvalue weighted by atomic mass is 9.94. The van der Waals surface area contributed by atoms with Crippen LogP contribution in [0.15, 0.2) is 6.20 Å². The smallest absolute Gasteiger partial charge is 0.358 e. The van der Waals surface area contributed by atoms with Crippen molar-refractivity contribution >= 4 is 5.97 Å². The highest BCUT2D eigenvalue weighted by atomic mass is 16.4. The highest BCUT2D eigenvalue weighted by Crippen LogP contribution is 2.19. The van der Waals surface area contributed by atoms with Crippen LogP contribution in [0.4, 0.5) is 0 Å². The fourth-order valence-corrected chi connectivity index (χ4v) is 2.37. The Balaban J connectivity index is 1.76. The number of aromatic carboxylic acids is 1. The molecule has 1 aliphatic rings. The Labute approximate surface area is 107 Å². The number of aromatic nitrogens is 3. The maximum Gasteiger partial charge on any atom is 0.358 e. The second kappa shape index (κ2) is 5.95. The second-order valence-corrected chi connectivity index (χ2v) is 4.87. The van der Waals surface area contributed by atoms with Gasteiger partial charge in [0, 0.05) is 6.54 Å². The van der Waals surface area contributed by atoms with Crippen molar-refractivity contribution < 1.29 is 9.90 Å². The van der Waals surface area contributed by atoms with Crippen molar-refractivity contribution in [2.75, 3.05) is 19.6 Å². The molecule has 100 valence electrons. The van der Waals surface area contributed by atoms with Gasteiger partial charge in [0.25, 0.3) is 0 Å². The maximum absolute atomic E-state index is 10.7. The topological polar surface area (TPSA) is 71.2 Å². The number of rotatable bonds is 5. The quantitative estimate of drug-likeness (QED) is 0.849. The van der Waals surface area contributed by atoms with Crippen molar-refractivity contribution in [3.63, 3.8) is 0 Å². The van der Waals surface area contributed by atoms with Gasteiger partial charge in [-0.15, -0.1) is 5.10 Å². The first-order valence-electron chi connectivity index (χ1n) is 6.54. The Hall–Kier alpha value is -1.43. The summed E-state index contributed by atoms with van der Waals surface area (Å²) in [4.78, 5) is 13.1. The van der Waals surface area contributed by atoms with E-state index >= 15 is 0 Å². The summed E-state index contributed by atoms with van der Waals surface area (Å²) in [6, 6.07) is 0. The highest BCUT2D eigenvalue weighted by Gasteiger charge is 2.17. The predicted molar refractivity (Wildman–Crippen MR) is 66.4 cm³/mol. The lowest BCUT2D eigenvalue weighted by Crippen LogP contribution is -2.35. The molecule has 2 heterocycles. The number of piperidine rings is 1. The summed E-state index contributed by atoms with van der Waals surface area (Å²) >= 11 is 0. The first-order chi connectivity index (χ1) is 8.69. The van der Waals surface area contributed by atoms with Gasteiger partial charge in [0.2, 0.25) is 0 Å². The number of carbonyl (C=O) groups is 1. The van der Waals surface area contributed by atoms with Crippen LogP contribution < -0.4 is 0 Å². The Morgan fingerprint density at radius 1 is 1.44 bits per heavy atom. The lowest BCUT2D eigenvalue weighted by Gasteiger charge is -2.31. The Morgan fingerprint density at radius 2 is 2.17 bits per heavy atom. The first-order valence-corrected chi connectivity index (χ1v) is 6.54. The molecular weight excluding hydrogens is 232 g/mol. The van der Waals surface area contributed by atoms with Crippen molar-refractivity contribution in [3.8, 4) is 0 Å². The molecule has 0 spiro atoms. The zero-order valence-electron chi connectivity index (χ0n) is 10.7. The van der Waals surface area contributed by atoms with Crippen molar-refractivity contribution in [2.45, 2.75) is 32.7 Å². The SMILES string of the molecule is CCC1CCN(CCn2cc(C(=O)O)nn2)CC1. The van der Waals surface area contributed by atoms with Gasteiger partial charge in [0.15, 0.2) is 5.69 Å². The van der Waals surface area contributed by atoms with Crippen LogP contribution in [0.5, 0.6) is 0 Å². The molecule has 1 aliphatic heterocycles. The van der Waals surface area contributed by atoms with Crippen molar-refractivity contribution in [1.29, 1.82) is 0 Å². The summed E-state index contributed by atoms with van der Waals surface area (Å²) in [5.41, 5.74) is 0.0136. The molecule has 1 aromatic rings. The summed E-state index contributed by atoms with van der Waals surface area (Å²) in [5, 5.41) is 16.2. The fourth-order valence-electron chi connectivity index (χ4n) is 2.37. The number of carboxylic acid groups (broad SMARTS) is 1. The third kappa shape index (κ3) is 3.29. The normalized spacial score (nSPS) is 18.1. The molecule has 1 aromatic heterocycles. The summed E-state index contributed by atoms with van der Waals surface area (Å²) in [5.74, 6) is -0.142. The number of likely N-dealkylation sites (tertiary alicyclic amines) is 1. The molecule has 1 N–H and O–H groups in total. The van der Waals surface area contributed by atoms with Crippen LogP contribution in [0, 0.1) is 5.92 Å². The van der Waals surface area contributed by atoms with Crippen LogP contribution in [-0.4, -0.2) is 50.6 Å². The average Bonchev–Trinajstić information content (AvgIpc) is 2.86. The first kappa shape index (κ1) is 13.0. The third-order valence-electron chi connectivity index (χ3n) is 3.69. The van der Waals surface area contributed by atoms with Gasteiger partial charge in [-0.3, -0.25) is 4.68 Å². The molecule has 0 amide bonds. The summed E-state index contributed by atoms with van der Waals surface area (Å²) < 4.78 is 1.61. The maximum atomic E-state index is 10.7. The molecule has 0 aromatic carbocycles. The van der Waals surface area contributed by atoms with Crippen LogP contribution in [-0.2, 0) is 6.54 Å². The Kier molecular flexibility index (Phi) is 4.30. The summed E-state index contributed by atoms with van der Waals surface area (Å²) in [6.07, 6.45) is 5.31. The second-order valence-electron chi connectivity index (χ2n) is 4.87. The molecule has 0 aliphatic carbocycles. The van der Waals surface area contributed by atoms with Gasteiger partial charge in [-0.25, -0.2) is 4.79 Å². The molecular formula is C12H20N4O2. The lowest BCUT2D eigenvalue weighted by molar-refractivity contribution is 0.0690. The van der Waals surface area contributed by atoms with E-state index in [1.165, 1.54) is 25.5 Å². The van der Waals surface area contributed by atoms with E-state index in [1.54, 1.807) is 4.68 Å². The molecule has 18 heavy (non-hydrogen) atoms. The molecule has 0 atom stereocenters. The van der Waals surface area contributed by atoms with E-state index in [2.05, 4.69) is 22.1 Å². The predicted octanol–water partition coefficient (Wildman–Crippen LogP) is 1.10. The molecule has 1 fully saturated rings. The minimum Gasteiger partial charge on any atom is -0.476 e. The average molecular weight is 252 g/mol. The highest BCUT2D eigenvalue weighted by molar-refractivity contribution is 5.84. The molecule has 6 nitrogen and oxygen atoms in total. The van der Waals surface area contributed by atoms with Crippen molar-refractivity contribution in [3.05, 3.63) is 11.9 Å². The van der Waals surface area contributed by atoms with Gasteiger partial charge in [-0.05, 0) is 31.8 Å². The van der Waals surface area contributed by atoms with E-state index in [0.29, 0.717) is 6.54 Å². The van der Waals surface area contributed by atoms with E-state index in [1.807, 2.05) is 0 Å². The molecule has 6 heteroatoms. The number of hydrogen-bond donors (Lipinski definition) is 1. The van der Waals surface area contributed by atoms with Gasteiger partial charge in [-0.1, -0.05) is 18.6 Å². The van der Waals surface area contributed by atoms with Gasteiger partial charge in [0.05, 0.1) is 12.7 Å². The molecule has 0 saturated carbocycles. The van der Waals surface area contributed by atoms with E-state index < -0.39 is 5.97 Å². The van der Waals surface area contributed by atoms with Crippen LogP contribution in [0.3, 0.4) is 0 Å². The molecule has 0 radical (unpaired) electrons. The summed E-state index contributed by atoms with van der Waals surface area (Å²) in [6.45, 7) is 6.15. The Morgan fingerprint density at radius 3 is 2.72 bits per heavy atom. The largest absolute Gasteiger partial charge is 0.476 e. The zero-order chi connectivity index (χ0) is 13.0. The number of hydrogen-bond acceptors (Lipinski definition) is 4. The van der Waals surface area contributed by atoms with Gasteiger partial charge in [0.1, 0.15) is 0 Å². The molecule has 1 saturated heterocycles. The molecule has 0 bridgehead atoms. The van der Waals surface area contributed by atoms with E-state index in [9.17, 15) is 4.79 Å². The van der Waals surface area contributed by atoms with Gasteiger partial charge >= 0.3 is 5.97 Å².